The van der Waals surface area contributed by atoms with E-state index in [0.29, 0.717) is 11.5 Å². The van der Waals surface area contributed by atoms with Gasteiger partial charge in [-0.1, -0.05) is 166 Å². The smallest absolute Gasteiger partial charge is 0.115 e. The standard InChI is InChI=1S/C42H66O2/c1-2-3-4-5-6-7-8-9-10-11-12-13-14-15-16-35-17-19-36(20-18-35)21-22-37-31-33-42(34-32-37,38-23-27-40(43)28-24-38)39-25-29-41(44)30-26-39/h23-30,35-37,43-44H,2-22,31-34H2,1H3. The van der Waals surface area contributed by atoms with Crippen molar-refractivity contribution in [3.63, 3.8) is 0 Å². The van der Waals surface area contributed by atoms with E-state index >= 15 is 0 Å². The summed E-state index contributed by atoms with van der Waals surface area (Å²) in [7, 11) is 0. The lowest BCUT2D eigenvalue weighted by atomic mass is 9.62. The van der Waals surface area contributed by atoms with Crippen LogP contribution in [0.2, 0.25) is 0 Å². The molecule has 0 amide bonds. The van der Waals surface area contributed by atoms with E-state index in [2.05, 4.69) is 31.2 Å². The second-order valence-corrected chi connectivity index (χ2v) is 15.0. The molecule has 2 heteroatoms. The molecule has 2 nitrogen and oxygen atoms in total. The fraction of sp³-hybridized carbons (Fsp3) is 0.714. The number of rotatable bonds is 20. The summed E-state index contributed by atoms with van der Waals surface area (Å²) in [5, 5.41) is 19.8. The Labute approximate surface area is 271 Å². The number of aromatic hydroxyl groups is 2. The summed E-state index contributed by atoms with van der Waals surface area (Å²) in [6.45, 7) is 2.30. The third-order valence-electron chi connectivity index (χ3n) is 11.7. The van der Waals surface area contributed by atoms with Crippen LogP contribution in [0, 0.1) is 17.8 Å². The predicted molar refractivity (Wildman–Crippen MR) is 189 cm³/mol. The minimum absolute atomic E-state index is 0.0107. The van der Waals surface area contributed by atoms with Gasteiger partial charge in [-0.05, 0) is 78.8 Å². The van der Waals surface area contributed by atoms with E-state index in [4.69, 9.17) is 0 Å². The highest BCUT2D eigenvalue weighted by Gasteiger charge is 2.38. The van der Waals surface area contributed by atoms with Crippen LogP contribution in [0.4, 0.5) is 0 Å². The molecular formula is C42H66O2. The van der Waals surface area contributed by atoms with Crippen molar-refractivity contribution in [2.24, 2.45) is 17.8 Å². The summed E-state index contributed by atoms with van der Waals surface area (Å²) in [5.74, 6) is 3.47. The van der Waals surface area contributed by atoms with E-state index in [0.717, 1.165) is 30.6 Å². The minimum atomic E-state index is -0.0107. The molecule has 44 heavy (non-hydrogen) atoms. The van der Waals surface area contributed by atoms with Crippen LogP contribution in [-0.4, -0.2) is 10.2 Å². The fourth-order valence-corrected chi connectivity index (χ4v) is 8.67. The first-order valence-corrected chi connectivity index (χ1v) is 19.2. The first-order chi connectivity index (χ1) is 21.6. The zero-order valence-corrected chi connectivity index (χ0v) is 28.4. The lowest BCUT2D eigenvalue weighted by Crippen LogP contribution is -2.33. The Balaban J connectivity index is 1.04. The second kappa shape index (κ2) is 19.5. The number of hydrogen-bond donors (Lipinski definition) is 2. The molecule has 0 heterocycles. The zero-order chi connectivity index (χ0) is 30.9. The van der Waals surface area contributed by atoms with Crippen molar-refractivity contribution in [1.82, 2.24) is 0 Å². The molecule has 4 rings (SSSR count). The summed E-state index contributed by atoms with van der Waals surface area (Å²) < 4.78 is 0. The fourth-order valence-electron chi connectivity index (χ4n) is 8.67. The van der Waals surface area contributed by atoms with E-state index in [9.17, 15) is 10.2 Å². The van der Waals surface area contributed by atoms with Crippen molar-refractivity contribution in [2.75, 3.05) is 0 Å². The summed E-state index contributed by atoms with van der Waals surface area (Å²) >= 11 is 0. The summed E-state index contributed by atoms with van der Waals surface area (Å²) in [5.41, 5.74) is 2.59. The Morgan fingerprint density at radius 3 is 1.20 bits per heavy atom. The van der Waals surface area contributed by atoms with Crippen LogP contribution in [-0.2, 0) is 5.41 Å². The van der Waals surface area contributed by atoms with Crippen molar-refractivity contribution in [3.05, 3.63) is 59.7 Å². The van der Waals surface area contributed by atoms with Crippen molar-refractivity contribution in [2.45, 2.75) is 173 Å². The monoisotopic (exact) mass is 603 g/mol. The minimum Gasteiger partial charge on any atom is -0.508 e. The molecule has 0 bridgehead atoms. The third kappa shape index (κ3) is 11.4. The molecule has 0 aliphatic heterocycles. The Kier molecular flexibility index (Phi) is 15.5. The molecule has 2 aliphatic rings. The van der Waals surface area contributed by atoms with Crippen molar-refractivity contribution < 1.29 is 10.2 Å². The average molecular weight is 603 g/mol. The van der Waals surface area contributed by atoms with Crippen LogP contribution in [0.3, 0.4) is 0 Å². The van der Waals surface area contributed by atoms with E-state index < -0.39 is 0 Å². The maximum Gasteiger partial charge on any atom is 0.115 e. The molecule has 246 valence electrons. The zero-order valence-electron chi connectivity index (χ0n) is 28.4. The van der Waals surface area contributed by atoms with Crippen LogP contribution in [0.25, 0.3) is 0 Å². The van der Waals surface area contributed by atoms with Gasteiger partial charge in [-0.3, -0.25) is 0 Å². The third-order valence-corrected chi connectivity index (χ3v) is 11.7. The van der Waals surface area contributed by atoms with Crippen molar-refractivity contribution in [1.29, 1.82) is 0 Å². The molecule has 2 saturated carbocycles. The van der Waals surface area contributed by atoms with Gasteiger partial charge in [-0.25, -0.2) is 0 Å². The molecule has 0 unspecified atom stereocenters. The van der Waals surface area contributed by atoms with E-state index in [1.165, 1.54) is 159 Å². The highest BCUT2D eigenvalue weighted by molar-refractivity contribution is 5.43. The maximum atomic E-state index is 9.90. The van der Waals surface area contributed by atoms with Gasteiger partial charge >= 0.3 is 0 Å². The first-order valence-electron chi connectivity index (χ1n) is 19.2. The van der Waals surface area contributed by atoms with Gasteiger partial charge in [0.15, 0.2) is 0 Å². The lowest BCUT2D eigenvalue weighted by Gasteiger charge is -2.42. The van der Waals surface area contributed by atoms with Gasteiger partial charge in [-0.2, -0.15) is 0 Å². The Morgan fingerprint density at radius 2 is 0.795 bits per heavy atom. The molecule has 2 aromatic carbocycles. The Morgan fingerprint density at radius 1 is 0.455 bits per heavy atom. The number of benzene rings is 2. The highest BCUT2D eigenvalue weighted by Crippen LogP contribution is 2.48. The lowest BCUT2D eigenvalue weighted by molar-refractivity contribution is 0.208. The molecule has 0 radical (unpaired) electrons. The van der Waals surface area contributed by atoms with Gasteiger partial charge in [0.05, 0.1) is 0 Å². The van der Waals surface area contributed by atoms with E-state index in [1.54, 1.807) is 0 Å². The number of unbranched alkanes of at least 4 members (excludes halogenated alkanes) is 13. The summed E-state index contributed by atoms with van der Waals surface area (Å²) in [4.78, 5) is 0. The predicted octanol–water partition coefficient (Wildman–Crippen LogP) is 13.0. The molecular weight excluding hydrogens is 536 g/mol. The van der Waals surface area contributed by atoms with Crippen molar-refractivity contribution >= 4 is 0 Å². The Hall–Kier alpha value is -1.96. The van der Waals surface area contributed by atoms with Crippen LogP contribution < -0.4 is 0 Å². The first kappa shape index (κ1) is 34.9. The van der Waals surface area contributed by atoms with Gasteiger partial charge in [-0.15, -0.1) is 0 Å². The molecule has 2 N–H and O–H groups in total. The molecule has 2 aromatic rings. The van der Waals surface area contributed by atoms with Gasteiger partial charge in [0, 0.05) is 5.41 Å². The number of phenols is 2. The average Bonchev–Trinajstić information content (AvgIpc) is 3.05. The van der Waals surface area contributed by atoms with Gasteiger partial charge < -0.3 is 10.2 Å². The highest BCUT2D eigenvalue weighted by atomic mass is 16.3. The molecule has 0 saturated heterocycles. The van der Waals surface area contributed by atoms with E-state index in [1.807, 2.05) is 24.3 Å². The molecule has 0 atom stereocenters. The van der Waals surface area contributed by atoms with Crippen LogP contribution in [0.15, 0.2) is 48.5 Å². The van der Waals surface area contributed by atoms with Crippen molar-refractivity contribution in [3.8, 4) is 11.5 Å². The van der Waals surface area contributed by atoms with Crippen LogP contribution in [0.1, 0.15) is 179 Å². The summed E-state index contributed by atoms with van der Waals surface area (Å²) in [6, 6.07) is 15.8. The molecule has 0 aromatic heterocycles. The second-order valence-electron chi connectivity index (χ2n) is 15.0. The topological polar surface area (TPSA) is 40.5 Å². The SMILES string of the molecule is CCCCCCCCCCCCCCCCC1CCC(CCC2CCC(c3ccc(O)cc3)(c3ccc(O)cc3)CC2)CC1. The summed E-state index contributed by atoms with van der Waals surface area (Å²) in [6.07, 6.45) is 35.5. The van der Waals surface area contributed by atoms with Gasteiger partial charge in [0.1, 0.15) is 11.5 Å². The molecule has 2 aliphatic carbocycles. The number of phenolic OH excluding ortho intramolecular Hbond substituents is 2. The Bertz CT molecular complexity index is 946. The largest absolute Gasteiger partial charge is 0.508 e. The van der Waals surface area contributed by atoms with Crippen LogP contribution >= 0.6 is 0 Å². The van der Waals surface area contributed by atoms with E-state index in [-0.39, 0.29) is 5.41 Å². The van der Waals surface area contributed by atoms with Gasteiger partial charge in [0.2, 0.25) is 0 Å². The van der Waals surface area contributed by atoms with Gasteiger partial charge in [0.25, 0.3) is 0 Å². The molecule has 0 spiro atoms. The molecule has 2 fully saturated rings. The maximum absolute atomic E-state index is 9.90. The quantitative estimate of drug-likeness (QED) is 0.148. The number of hydrogen-bond acceptors (Lipinski definition) is 2. The van der Waals surface area contributed by atoms with Crippen LogP contribution in [0.5, 0.6) is 11.5 Å². The normalized spacial score (nSPS) is 20.6.